The van der Waals surface area contributed by atoms with Gasteiger partial charge in [0.15, 0.2) is 0 Å². The molecule has 1 aromatic heterocycles. The van der Waals surface area contributed by atoms with Crippen LogP contribution in [-0.2, 0) is 16.1 Å². The molecule has 0 spiro atoms. The molecule has 26 heavy (non-hydrogen) atoms. The molecule has 0 saturated carbocycles. The number of fused-ring (bicyclic) bond motifs is 3. The molecule has 1 amide bonds. The zero-order valence-corrected chi connectivity index (χ0v) is 14.2. The molecule has 2 aliphatic rings. The number of carbonyl (C=O) groups is 2. The van der Waals surface area contributed by atoms with Gasteiger partial charge in [0.05, 0.1) is 0 Å². The molecule has 8 nitrogen and oxygen atoms in total. The van der Waals surface area contributed by atoms with Crippen LogP contribution in [0.1, 0.15) is 24.3 Å². The molecule has 0 unspecified atom stereocenters. The minimum atomic E-state index is -1.07. The Morgan fingerprint density at radius 1 is 1.35 bits per heavy atom. The molecule has 4 rings (SSSR count). The minimum Gasteiger partial charge on any atom is -0.492 e. The largest absolute Gasteiger partial charge is 0.492 e. The van der Waals surface area contributed by atoms with E-state index >= 15 is 0 Å². The predicted molar refractivity (Wildman–Crippen MR) is 90.6 cm³/mol. The number of carbonyl (C=O) groups excluding carboxylic acids is 1. The van der Waals surface area contributed by atoms with Crippen molar-refractivity contribution in [3.05, 3.63) is 42.5 Å². The first-order chi connectivity index (χ1) is 12.6. The summed E-state index contributed by atoms with van der Waals surface area (Å²) in [6.07, 6.45) is 4.06. The van der Waals surface area contributed by atoms with Crippen molar-refractivity contribution in [1.82, 2.24) is 19.7 Å². The summed E-state index contributed by atoms with van der Waals surface area (Å²) in [4.78, 5) is 30.3. The molecule has 2 aromatic rings. The lowest BCUT2D eigenvalue weighted by atomic mass is 9.73. The van der Waals surface area contributed by atoms with E-state index in [1.54, 1.807) is 15.9 Å². The second-order valence-electron chi connectivity index (χ2n) is 6.88. The van der Waals surface area contributed by atoms with E-state index in [-0.39, 0.29) is 25.0 Å². The quantitative estimate of drug-likeness (QED) is 0.863. The Morgan fingerprint density at radius 3 is 2.96 bits per heavy atom. The van der Waals surface area contributed by atoms with E-state index in [9.17, 15) is 14.7 Å². The van der Waals surface area contributed by atoms with Crippen LogP contribution in [0.4, 0.5) is 0 Å². The zero-order valence-electron chi connectivity index (χ0n) is 14.2. The second kappa shape index (κ2) is 6.44. The van der Waals surface area contributed by atoms with Gasteiger partial charge in [0.1, 0.15) is 30.4 Å². The molecular weight excluding hydrogens is 336 g/mol. The molecule has 3 heterocycles. The van der Waals surface area contributed by atoms with E-state index in [1.807, 2.05) is 24.3 Å². The molecule has 0 radical (unpaired) electrons. The number of nitrogens with zero attached hydrogens (tertiary/aromatic N) is 4. The van der Waals surface area contributed by atoms with Gasteiger partial charge in [-0.25, -0.2) is 4.98 Å². The smallest absolute Gasteiger partial charge is 0.315 e. The Bertz CT molecular complexity index is 822. The fraction of sp³-hybridized carbons (Fsp3) is 0.444. The lowest BCUT2D eigenvalue weighted by Crippen LogP contribution is -2.46. The highest BCUT2D eigenvalue weighted by Gasteiger charge is 2.57. The molecular formula is C18H20N4O4. The minimum absolute atomic E-state index is 0.0300. The summed E-state index contributed by atoms with van der Waals surface area (Å²) in [5.74, 6) is -0.466. The van der Waals surface area contributed by atoms with Gasteiger partial charge in [0, 0.05) is 37.5 Å². The number of carboxylic acids is 1. The Labute approximate surface area is 150 Å². The standard InChI is InChI=1S/C18H20N4O4/c23-16(6-3-7-22-12-19-11-20-22)21-8-14-13-4-1-2-5-15(13)26-10-18(14,9-21)17(24)25/h1-2,4-5,11-12,14H,3,6-10H2,(H,24,25)/t14-,18-/m0/s1. The van der Waals surface area contributed by atoms with Gasteiger partial charge in [-0.05, 0) is 12.5 Å². The number of aliphatic carboxylic acids is 1. The van der Waals surface area contributed by atoms with Crippen molar-refractivity contribution < 1.29 is 19.4 Å². The van der Waals surface area contributed by atoms with Crippen LogP contribution in [0.5, 0.6) is 5.75 Å². The summed E-state index contributed by atoms with van der Waals surface area (Å²) < 4.78 is 7.40. The molecule has 0 bridgehead atoms. The van der Waals surface area contributed by atoms with Gasteiger partial charge in [-0.1, -0.05) is 18.2 Å². The Morgan fingerprint density at radius 2 is 2.19 bits per heavy atom. The number of benzene rings is 1. The number of amides is 1. The van der Waals surface area contributed by atoms with Gasteiger partial charge < -0.3 is 14.7 Å². The van der Waals surface area contributed by atoms with Crippen molar-refractivity contribution in [2.75, 3.05) is 19.7 Å². The average molecular weight is 356 g/mol. The molecule has 8 heteroatoms. The molecule has 2 atom stereocenters. The summed E-state index contributed by atoms with van der Waals surface area (Å²) in [5.41, 5.74) is -0.199. The summed E-state index contributed by atoms with van der Waals surface area (Å²) in [7, 11) is 0. The number of aryl methyl sites for hydroxylation is 1. The maximum atomic E-state index is 12.6. The highest BCUT2D eigenvalue weighted by molar-refractivity contribution is 5.82. The number of aromatic nitrogens is 3. The highest BCUT2D eigenvalue weighted by Crippen LogP contribution is 2.49. The summed E-state index contributed by atoms with van der Waals surface area (Å²) in [6.45, 7) is 1.30. The lowest BCUT2D eigenvalue weighted by Gasteiger charge is -2.35. The number of carboxylic acid groups (broad SMARTS) is 1. The fourth-order valence-corrected chi connectivity index (χ4v) is 3.93. The van der Waals surface area contributed by atoms with Crippen LogP contribution >= 0.6 is 0 Å². The molecule has 136 valence electrons. The maximum absolute atomic E-state index is 12.6. The van der Waals surface area contributed by atoms with Gasteiger partial charge in [-0.15, -0.1) is 0 Å². The third-order valence-electron chi connectivity index (χ3n) is 5.35. The fourth-order valence-electron chi connectivity index (χ4n) is 3.93. The number of hydrogen-bond donors (Lipinski definition) is 1. The SMILES string of the molecule is O=C(CCCn1cncn1)N1C[C@H]2c3ccccc3OC[C@@]2(C(=O)O)C1. The molecule has 0 aliphatic carbocycles. The Hall–Kier alpha value is -2.90. The summed E-state index contributed by atoms with van der Waals surface area (Å²) >= 11 is 0. The summed E-state index contributed by atoms with van der Waals surface area (Å²) in [5, 5.41) is 13.9. The van der Waals surface area contributed by atoms with Gasteiger partial charge in [-0.3, -0.25) is 14.3 Å². The van der Waals surface area contributed by atoms with Crippen molar-refractivity contribution in [1.29, 1.82) is 0 Å². The monoisotopic (exact) mass is 356 g/mol. The first-order valence-electron chi connectivity index (χ1n) is 8.65. The van der Waals surface area contributed by atoms with Gasteiger partial charge in [-0.2, -0.15) is 5.10 Å². The normalized spacial score (nSPS) is 23.8. The Balaban J connectivity index is 1.48. The summed E-state index contributed by atoms with van der Waals surface area (Å²) in [6, 6.07) is 7.50. The van der Waals surface area contributed by atoms with Crippen molar-refractivity contribution in [2.45, 2.75) is 25.3 Å². The van der Waals surface area contributed by atoms with Gasteiger partial charge in [0.2, 0.25) is 5.91 Å². The third kappa shape index (κ3) is 2.71. The molecule has 2 aliphatic heterocycles. The van der Waals surface area contributed by atoms with E-state index in [0.29, 0.717) is 25.9 Å². The first-order valence-corrected chi connectivity index (χ1v) is 8.65. The topological polar surface area (TPSA) is 97.5 Å². The number of ether oxygens (including phenoxy) is 1. The van der Waals surface area contributed by atoms with Crippen LogP contribution in [0.3, 0.4) is 0 Å². The average Bonchev–Trinajstić information content (AvgIpc) is 3.29. The second-order valence-corrected chi connectivity index (χ2v) is 6.88. The van der Waals surface area contributed by atoms with E-state index in [4.69, 9.17) is 4.74 Å². The first kappa shape index (κ1) is 16.6. The van der Waals surface area contributed by atoms with Crippen LogP contribution in [0.25, 0.3) is 0 Å². The van der Waals surface area contributed by atoms with E-state index < -0.39 is 11.4 Å². The van der Waals surface area contributed by atoms with E-state index in [1.165, 1.54) is 6.33 Å². The van der Waals surface area contributed by atoms with Gasteiger partial charge in [0.25, 0.3) is 0 Å². The number of likely N-dealkylation sites (tertiary alicyclic amines) is 1. The van der Waals surface area contributed by atoms with Crippen LogP contribution in [0, 0.1) is 5.41 Å². The van der Waals surface area contributed by atoms with E-state index in [2.05, 4.69) is 10.1 Å². The maximum Gasteiger partial charge on any atom is 0.315 e. The highest BCUT2D eigenvalue weighted by atomic mass is 16.5. The number of para-hydroxylation sites is 1. The van der Waals surface area contributed by atoms with Crippen LogP contribution < -0.4 is 4.74 Å². The predicted octanol–water partition coefficient (Wildman–Crippen LogP) is 1.15. The molecule has 1 fully saturated rings. The number of rotatable bonds is 5. The van der Waals surface area contributed by atoms with Crippen LogP contribution in [0.15, 0.2) is 36.9 Å². The lowest BCUT2D eigenvalue weighted by molar-refractivity contribution is -0.152. The van der Waals surface area contributed by atoms with Crippen LogP contribution in [0.2, 0.25) is 0 Å². The molecule has 1 aromatic carbocycles. The van der Waals surface area contributed by atoms with Crippen molar-refractivity contribution in [3.8, 4) is 5.75 Å². The zero-order chi connectivity index (χ0) is 18.1. The number of hydrogen-bond acceptors (Lipinski definition) is 5. The molecule has 1 N–H and O–H groups in total. The van der Waals surface area contributed by atoms with Crippen molar-refractivity contribution in [3.63, 3.8) is 0 Å². The van der Waals surface area contributed by atoms with E-state index in [0.717, 1.165) is 11.3 Å². The van der Waals surface area contributed by atoms with Crippen molar-refractivity contribution in [2.24, 2.45) is 5.41 Å². The Kier molecular flexibility index (Phi) is 4.10. The molecule has 1 saturated heterocycles. The van der Waals surface area contributed by atoms with Gasteiger partial charge >= 0.3 is 5.97 Å². The van der Waals surface area contributed by atoms with Crippen LogP contribution in [-0.4, -0.2) is 56.3 Å². The van der Waals surface area contributed by atoms with Crippen molar-refractivity contribution >= 4 is 11.9 Å². The third-order valence-corrected chi connectivity index (χ3v) is 5.35.